The van der Waals surface area contributed by atoms with Gasteiger partial charge in [-0.3, -0.25) is 19.7 Å². The maximum atomic E-state index is 12.5. The fourth-order valence-corrected chi connectivity index (χ4v) is 3.67. The molecule has 0 aromatic heterocycles. The highest BCUT2D eigenvalue weighted by atomic mass is 127. The molecule has 1 fully saturated rings. The number of nitrogens with one attached hydrogen (secondary N) is 1. The third-order valence-electron chi connectivity index (χ3n) is 3.58. The molecule has 0 unspecified atom stereocenters. The molecule has 2 aliphatic rings. The minimum atomic E-state index is -0.554. The summed E-state index contributed by atoms with van der Waals surface area (Å²) in [6.07, 6.45) is 0.666. The largest absolute Gasteiger partial charge is 0.322 e. The molecule has 0 aliphatic carbocycles. The normalized spacial score (nSPS) is 22.0. The molecule has 1 N–H and O–H groups in total. The van der Waals surface area contributed by atoms with Crippen molar-refractivity contribution in [2.45, 2.75) is 25.4 Å². The van der Waals surface area contributed by atoms with Crippen molar-refractivity contribution >= 4 is 56.2 Å². The van der Waals surface area contributed by atoms with Crippen LogP contribution in [0.3, 0.4) is 0 Å². The molecule has 1 atom stereocenters. The Balaban J connectivity index is 1.93. The van der Waals surface area contributed by atoms with Gasteiger partial charge in [0, 0.05) is 21.0 Å². The van der Waals surface area contributed by atoms with Crippen LogP contribution in [0.1, 0.15) is 28.8 Å². The summed E-state index contributed by atoms with van der Waals surface area (Å²) in [7, 11) is 0. The smallest absolute Gasteiger partial charge is 0.256 e. The summed E-state index contributed by atoms with van der Waals surface area (Å²) in [5.41, 5.74) is 1.58. The zero-order valence-corrected chi connectivity index (χ0v) is 14.0. The Bertz CT molecular complexity index is 647. The number of benzene rings is 1. The topological polar surface area (TPSA) is 66.5 Å². The van der Waals surface area contributed by atoms with E-state index in [4.69, 9.17) is 0 Å². The van der Waals surface area contributed by atoms with E-state index in [9.17, 15) is 14.4 Å². The number of carbonyl (C=O) groups excluding carboxylic acids is 3. The van der Waals surface area contributed by atoms with E-state index in [1.807, 2.05) is 12.1 Å². The molecule has 0 spiro atoms. The summed E-state index contributed by atoms with van der Waals surface area (Å²) in [6.45, 7) is 0.420. The van der Waals surface area contributed by atoms with Crippen LogP contribution >= 0.6 is 38.5 Å². The SMILES string of the molecule is O=C1CC[C@H](N2Cc3ccc(Br)c(I)c3C2=O)C(=O)N1. The van der Waals surface area contributed by atoms with Gasteiger partial charge in [-0.1, -0.05) is 6.07 Å². The lowest BCUT2D eigenvalue weighted by Crippen LogP contribution is -2.52. The van der Waals surface area contributed by atoms with E-state index < -0.39 is 6.04 Å². The highest BCUT2D eigenvalue weighted by Gasteiger charge is 2.40. The van der Waals surface area contributed by atoms with Gasteiger partial charge < -0.3 is 4.90 Å². The van der Waals surface area contributed by atoms with Crippen molar-refractivity contribution in [1.29, 1.82) is 0 Å². The fraction of sp³-hybridized carbons (Fsp3) is 0.308. The second kappa shape index (κ2) is 5.10. The van der Waals surface area contributed by atoms with Crippen molar-refractivity contribution in [2.24, 2.45) is 0 Å². The van der Waals surface area contributed by atoms with E-state index in [0.29, 0.717) is 18.5 Å². The maximum Gasteiger partial charge on any atom is 0.256 e. The van der Waals surface area contributed by atoms with Gasteiger partial charge in [0.15, 0.2) is 0 Å². The lowest BCUT2D eigenvalue weighted by atomic mass is 10.0. The van der Waals surface area contributed by atoms with Crippen molar-refractivity contribution < 1.29 is 14.4 Å². The van der Waals surface area contributed by atoms with Gasteiger partial charge in [0.2, 0.25) is 11.8 Å². The number of amides is 3. The molecule has 0 saturated carbocycles. The van der Waals surface area contributed by atoms with Crippen molar-refractivity contribution in [3.63, 3.8) is 0 Å². The Hall–Kier alpha value is -0.960. The number of hydrogen-bond donors (Lipinski definition) is 1. The summed E-state index contributed by atoms with van der Waals surface area (Å²) < 4.78 is 1.73. The Labute approximate surface area is 137 Å². The molecular formula is C13H10BrIN2O3. The number of fused-ring (bicyclic) bond motifs is 1. The van der Waals surface area contributed by atoms with Crippen LogP contribution in [-0.4, -0.2) is 28.7 Å². The van der Waals surface area contributed by atoms with Crippen LogP contribution in [0.4, 0.5) is 0 Å². The second-order valence-corrected chi connectivity index (χ2v) is 6.73. The number of imide groups is 1. The van der Waals surface area contributed by atoms with Gasteiger partial charge in [0.05, 0.1) is 5.56 Å². The highest BCUT2D eigenvalue weighted by molar-refractivity contribution is 14.1. The van der Waals surface area contributed by atoms with Crippen LogP contribution in [0.25, 0.3) is 0 Å². The molecule has 5 nitrogen and oxygen atoms in total. The van der Waals surface area contributed by atoms with Crippen LogP contribution in [-0.2, 0) is 16.1 Å². The third-order valence-corrected chi connectivity index (χ3v) is 6.11. The summed E-state index contributed by atoms with van der Waals surface area (Å²) in [5.74, 6) is -0.788. The highest BCUT2D eigenvalue weighted by Crippen LogP contribution is 2.33. The Morgan fingerprint density at radius 3 is 2.75 bits per heavy atom. The van der Waals surface area contributed by atoms with Crippen LogP contribution in [0.2, 0.25) is 0 Å². The van der Waals surface area contributed by atoms with Crippen LogP contribution in [0, 0.1) is 3.57 Å². The fourth-order valence-electron chi connectivity index (χ4n) is 2.58. The molecule has 0 radical (unpaired) electrons. The molecule has 3 rings (SSSR count). The van der Waals surface area contributed by atoms with Crippen LogP contribution in [0.5, 0.6) is 0 Å². The number of rotatable bonds is 1. The number of nitrogens with zero attached hydrogens (tertiary/aromatic N) is 1. The van der Waals surface area contributed by atoms with Crippen molar-refractivity contribution in [3.8, 4) is 0 Å². The van der Waals surface area contributed by atoms with E-state index in [1.165, 1.54) is 0 Å². The van der Waals surface area contributed by atoms with Gasteiger partial charge in [-0.2, -0.15) is 0 Å². The van der Waals surface area contributed by atoms with Gasteiger partial charge in [0.25, 0.3) is 5.91 Å². The predicted molar refractivity (Wildman–Crippen MR) is 82.9 cm³/mol. The van der Waals surface area contributed by atoms with E-state index in [2.05, 4.69) is 43.8 Å². The molecule has 104 valence electrons. The van der Waals surface area contributed by atoms with Crippen LogP contribution in [0.15, 0.2) is 16.6 Å². The monoisotopic (exact) mass is 448 g/mol. The molecule has 2 aliphatic heterocycles. The maximum absolute atomic E-state index is 12.5. The molecule has 0 bridgehead atoms. The summed E-state index contributed by atoms with van der Waals surface area (Å²) in [6, 6.07) is 3.25. The summed E-state index contributed by atoms with van der Waals surface area (Å²) >= 11 is 5.54. The molecule has 7 heteroatoms. The van der Waals surface area contributed by atoms with Crippen molar-refractivity contribution in [3.05, 3.63) is 31.3 Å². The molecule has 1 aromatic carbocycles. The first-order valence-electron chi connectivity index (χ1n) is 6.10. The Morgan fingerprint density at radius 1 is 1.30 bits per heavy atom. The van der Waals surface area contributed by atoms with Crippen LogP contribution < -0.4 is 5.32 Å². The van der Waals surface area contributed by atoms with Gasteiger partial charge in [-0.15, -0.1) is 0 Å². The molecule has 1 aromatic rings. The first kappa shape index (κ1) is 14.0. The van der Waals surface area contributed by atoms with E-state index in [0.717, 1.165) is 13.6 Å². The third kappa shape index (κ3) is 2.16. The second-order valence-electron chi connectivity index (χ2n) is 4.80. The number of hydrogen-bond acceptors (Lipinski definition) is 3. The van der Waals surface area contributed by atoms with Crippen molar-refractivity contribution in [1.82, 2.24) is 10.2 Å². The van der Waals surface area contributed by atoms with Gasteiger partial charge in [-0.25, -0.2) is 0 Å². The molecule has 3 amide bonds. The predicted octanol–water partition coefficient (Wildman–Crippen LogP) is 1.81. The molecule has 1 saturated heterocycles. The first-order valence-corrected chi connectivity index (χ1v) is 7.97. The zero-order chi connectivity index (χ0) is 14.4. The lowest BCUT2D eigenvalue weighted by molar-refractivity contribution is -0.136. The average Bonchev–Trinajstić information content (AvgIpc) is 2.72. The Kier molecular flexibility index (Phi) is 3.57. The lowest BCUT2D eigenvalue weighted by Gasteiger charge is -2.29. The summed E-state index contributed by atoms with van der Waals surface area (Å²) in [5, 5.41) is 2.30. The van der Waals surface area contributed by atoms with Crippen molar-refractivity contribution in [2.75, 3.05) is 0 Å². The molecular weight excluding hydrogens is 439 g/mol. The van der Waals surface area contributed by atoms with E-state index >= 15 is 0 Å². The number of halogens is 2. The standard InChI is InChI=1S/C13H10BrIN2O3/c14-7-2-1-6-5-17(13(20)10(6)11(7)15)8-3-4-9(18)16-12(8)19/h1-2,8H,3-5H2,(H,16,18,19)/t8-/m0/s1. The molecule has 20 heavy (non-hydrogen) atoms. The number of carbonyl (C=O) groups is 3. The van der Waals surface area contributed by atoms with E-state index in [-0.39, 0.29) is 24.1 Å². The van der Waals surface area contributed by atoms with E-state index in [1.54, 1.807) is 4.90 Å². The zero-order valence-electron chi connectivity index (χ0n) is 10.3. The van der Waals surface area contributed by atoms with Gasteiger partial charge >= 0.3 is 0 Å². The van der Waals surface area contributed by atoms with Gasteiger partial charge in [0.1, 0.15) is 6.04 Å². The quantitative estimate of drug-likeness (QED) is 0.526. The number of piperidine rings is 1. The first-order chi connectivity index (χ1) is 9.49. The minimum Gasteiger partial charge on any atom is -0.322 e. The molecule has 2 heterocycles. The summed E-state index contributed by atoms with van der Waals surface area (Å²) in [4.78, 5) is 37.2. The van der Waals surface area contributed by atoms with Gasteiger partial charge in [-0.05, 0) is 56.6 Å². The minimum absolute atomic E-state index is 0.139. The Morgan fingerprint density at radius 2 is 2.05 bits per heavy atom. The average molecular weight is 449 g/mol.